The maximum absolute atomic E-state index is 11.6. The van der Waals surface area contributed by atoms with Gasteiger partial charge >= 0.3 is 0 Å². The molecular weight excluding hydrogens is 324 g/mol. The van der Waals surface area contributed by atoms with Crippen LogP contribution in [0.2, 0.25) is 0 Å². The predicted molar refractivity (Wildman–Crippen MR) is 102 cm³/mol. The van der Waals surface area contributed by atoms with Crippen molar-refractivity contribution in [1.82, 2.24) is 9.88 Å². The van der Waals surface area contributed by atoms with Gasteiger partial charge in [-0.1, -0.05) is 30.2 Å². The third kappa shape index (κ3) is 3.01. The maximum atomic E-state index is 11.6. The van der Waals surface area contributed by atoms with Crippen LogP contribution >= 0.6 is 0 Å². The molecule has 0 radical (unpaired) electrons. The van der Waals surface area contributed by atoms with Crippen molar-refractivity contribution in [3.05, 3.63) is 59.4 Å². The van der Waals surface area contributed by atoms with Crippen LogP contribution in [0.5, 0.6) is 5.75 Å². The Morgan fingerprint density at radius 2 is 1.96 bits per heavy atom. The van der Waals surface area contributed by atoms with E-state index in [1.165, 1.54) is 17.5 Å². The number of benzene rings is 1. The van der Waals surface area contributed by atoms with E-state index < -0.39 is 5.60 Å². The van der Waals surface area contributed by atoms with Crippen molar-refractivity contribution >= 4 is 0 Å². The summed E-state index contributed by atoms with van der Waals surface area (Å²) in [5.74, 6) is 1.42. The van der Waals surface area contributed by atoms with Crippen LogP contribution in [0, 0.1) is 18.8 Å². The lowest BCUT2D eigenvalue weighted by Gasteiger charge is -2.52. The summed E-state index contributed by atoms with van der Waals surface area (Å²) >= 11 is 0. The quantitative estimate of drug-likeness (QED) is 0.914. The highest BCUT2D eigenvalue weighted by atomic mass is 16.5. The smallest absolute Gasteiger partial charge is 0.123 e. The average molecular weight is 352 g/mol. The highest BCUT2D eigenvalue weighted by Crippen LogP contribution is 2.48. The molecule has 3 atom stereocenters. The van der Waals surface area contributed by atoms with Gasteiger partial charge in [0, 0.05) is 43.2 Å². The second kappa shape index (κ2) is 7.01. The largest absolute Gasteiger partial charge is 0.496 e. The SMILES string of the molecule is COc1ccc(C)cc1CN1C[C@H]2CCC[C@@H](C1)C2(O)c1ccccn1. The van der Waals surface area contributed by atoms with E-state index in [-0.39, 0.29) is 11.8 Å². The summed E-state index contributed by atoms with van der Waals surface area (Å²) in [4.78, 5) is 7.01. The van der Waals surface area contributed by atoms with Gasteiger partial charge in [0.25, 0.3) is 0 Å². The lowest BCUT2D eigenvalue weighted by atomic mass is 9.64. The number of hydrogen-bond donors (Lipinski definition) is 1. The minimum atomic E-state index is -0.785. The predicted octanol–water partition coefficient (Wildman–Crippen LogP) is 3.52. The van der Waals surface area contributed by atoms with Crippen LogP contribution in [-0.2, 0) is 12.1 Å². The van der Waals surface area contributed by atoms with Crippen molar-refractivity contribution < 1.29 is 9.84 Å². The number of ether oxygens (including phenoxy) is 1. The third-order valence-electron chi connectivity index (χ3n) is 6.21. The Balaban J connectivity index is 1.58. The first-order chi connectivity index (χ1) is 12.6. The van der Waals surface area contributed by atoms with Crippen molar-refractivity contribution in [1.29, 1.82) is 0 Å². The molecule has 138 valence electrons. The van der Waals surface area contributed by atoms with E-state index in [4.69, 9.17) is 4.74 Å². The fraction of sp³-hybridized carbons (Fsp3) is 0.500. The summed E-state index contributed by atoms with van der Waals surface area (Å²) in [6.45, 7) is 4.80. The molecule has 2 fully saturated rings. The normalized spacial score (nSPS) is 28.7. The molecule has 1 N–H and O–H groups in total. The van der Waals surface area contributed by atoms with Gasteiger partial charge in [-0.3, -0.25) is 9.88 Å². The molecule has 1 saturated carbocycles. The first-order valence-electron chi connectivity index (χ1n) is 9.61. The highest BCUT2D eigenvalue weighted by Gasteiger charge is 2.52. The zero-order chi connectivity index (χ0) is 18.1. The molecule has 4 heteroatoms. The molecule has 4 nitrogen and oxygen atoms in total. The molecule has 4 rings (SSSR count). The number of aryl methyl sites for hydroxylation is 1. The maximum Gasteiger partial charge on any atom is 0.123 e. The van der Waals surface area contributed by atoms with Crippen molar-refractivity contribution in [3.8, 4) is 5.75 Å². The van der Waals surface area contributed by atoms with Crippen molar-refractivity contribution in [2.24, 2.45) is 11.8 Å². The van der Waals surface area contributed by atoms with Gasteiger partial charge in [0.15, 0.2) is 0 Å². The van der Waals surface area contributed by atoms with Crippen molar-refractivity contribution in [2.45, 2.75) is 38.3 Å². The molecule has 0 spiro atoms. The number of aromatic nitrogens is 1. The molecule has 0 amide bonds. The van der Waals surface area contributed by atoms with Crippen LogP contribution < -0.4 is 4.74 Å². The second-order valence-electron chi connectivity index (χ2n) is 7.87. The number of aliphatic hydroxyl groups is 1. The monoisotopic (exact) mass is 352 g/mol. The number of piperidine rings is 1. The van der Waals surface area contributed by atoms with Crippen LogP contribution in [0.3, 0.4) is 0 Å². The Morgan fingerprint density at radius 1 is 1.19 bits per heavy atom. The van der Waals surface area contributed by atoms with Crippen LogP contribution in [0.1, 0.15) is 36.1 Å². The van der Waals surface area contributed by atoms with Crippen LogP contribution in [0.15, 0.2) is 42.6 Å². The standard InChI is InChI=1S/C22H28N2O2/c1-16-9-10-20(26-2)17(12-16)13-24-14-18-6-5-7-19(15-24)22(18,25)21-8-3-4-11-23-21/h3-4,8-12,18-19,25H,5-7,13-15H2,1-2H3/t18-,19+,22?. The van der Waals surface area contributed by atoms with Gasteiger partial charge in [0.2, 0.25) is 0 Å². The van der Waals surface area contributed by atoms with Gasteiger partial charge in [-0.15, -0.1) is 0 Å². The summed E-state index contributed by atoms with van der Waals surface area (Å²) in [6, 6.07) is 12.3. The highest BCUT2D eigenvalue weighted by molar-refractivity contribution is 5.37. The van der Waals surface area contributed by atoms with Gasteiger partial charge in [0.05, 0.1) is 12.8 Å². The molecule has 1 aromatic heterocycles. The average Bonchev–Trinajstić information content (AvgIpc) is 2.63. The molecular formula is C22H28N2O2. The zero-order valence-electron chi connectivity index (χ0n) is 15.7. The van der Waals surface area contributed by atoms with E-state index in [0.717, 1.165) is 43.9 Å². The Hall–Kier alpha value is -1.91. The number of rotatable bonds is 4. The van der Waals surface area contributed by atoms with E-state index in [0.29, 0.717) is 0 Å². The molecule has 1 unspecified atom stereocenters. The Kier molecular flexibility index (Phi) is 4.72. The number of likely N-dealkylation sites (tertiary alicyclic amines) is 1. The molecule has 1 aromatic carbocycles. The number of nitrogens with zero attached hydrogens (tertiary/aromatic N) is 2. The first-order valence-corrected chi connectivity index (χ1v) is 9.61. The van der Waals surface area contributed by atoms with Gasteiger partial charge < -0.3 is 9.84 Å². The van der Waals surface area contributed by atoms with E-state index >= 15 is 0 Å². The van der Waals surface area contributed by atoms with Crippen molar-refractivity contribution in [2.75, 3.05) is 20.2 Å². The van der Waals surface area contributed by atoms with Crippen LogP contribution in [-0.4, -0.2) is 35.2 Å². The minimum Gasteiger partial charge on any atom is -0.496 e. The summed E-state index contributed by atoms with van der Waals surface area (Å²) < 4.78 is 5.56. The number of hydrogen-bond acceptors (Lipinski definition) is 4. The molecule has 26 heavy (non-hydrogen) atoms. The molecule has 2 bridgehead atoms. The van der Waals surface area contributed by atoms with E-state index in [9.17, 15) is 5.11 Å². The van der Waals surface area contributed by atoms with Gasteiger partial charge in [-0.2, -0.15) is 0 Å². The molecule has 1 aliphatic heterocycles. The summed E-state index contributed by atoms with van der Waals surface area (Å²) in [5, 5.41) is 11.6. The minimum absolute atomic E-state index is 0.237. The van der Waals surface area contributed by atoms with Gasteiger partial charge in [-0.05, 0) is 38.0 Å². The van der Waals surface area contributed by atoms with E-state index in [1.54, 1.807) is 13.3 Å². The molecule has 1 aliphatic carbocycles. The first kappa shape index (κ1) is 17.5. The summed E-state index contributed by atoms with van der Waals surface area (Å²) in [6.07, 6.45) is 5.12. The Labute approximate surface area is 155 Å². The lowest BCUT2D eigenvalue weighted by Crippen LogP contribution is -2.58. The van der Waals surface area contributed by atoms with E-state index in [2.05, 4.69) is 35.0 Å². The third-order valence-corrected chi connectivity index (χ3v) is 6.21. The van der Waals surface area contributed by atoms with Crippen LogP contribution in [0.25, 0.3) is 0 Å². The summed E-state index contributed by atoms with van der Waals surface area (Å²) in [7, 11) is 1.74. The summed E-state index contributed by atoms with van der Waals surface area (Å²) in [5.41, 5.74) is 2.55. The fourth-order valence-corrected chi connectivity index (χ4v) is 4.96. The Bertz CT molecular complexity index is 748. The lowest BCUT2D eigenvalue weighted by molar-refractivity contribution is -0.151. The van der Waals surface area contributed by atoms with Crippen molar-refractivity contribution in [3.63, 3.8) is 0 Å². The molecule has 2 heterocycles. The fourth-order valence-electron chi connectivity index (χ4n) is 4.96. The topological polar surface area (TPSA) is 45.6 Å². The number of methoxy groups -OCH3 is 1. The number of fused-ring (bicyclic) bond motifs is 2. The molecule has 1 saturated heterocycles. The van der Waals surface area contributed by atoms with E-state index in [1.807, 2.05) is 18.2 Å². The van der Waals surface area contributed by atoms with Gasteiger partial charge in [0.1, 0.15) is 11.4 Å². The zero-order valence-corrected chi connectivity index (χ0v) is 15.7. The Morgan fingerprint density at radius 3 is 2.62 bits per heavy atom. The molecule has 2 aromatic rings. The van der Waals surface area contributed by atoms with Gasteiger partial charge in [-0.25, -0.2) is 0 Å². The molecule has 2 aliphatic rings. The van der Waals surface area contributed by atoms with Crippen LogP contribution in [0.4, 0.5) is 0 Å². The number of pyridine rings is 1. The second-order valence-corrected chi connectivity index (χ2v) is 7.87.